The van der Waals surface area contributed by atoms with E-state index in [-0.39, 0.29) is 22.7 Å². The summed E-state index contributed by atoms with van der Waals surface area (Å²) in [6.07, 6.45) is 0. The largest absolute Gasteiger partial charge is 0.325 e. The summed E-state index contributed by atoms with van der Waals surface area (Å²) in [6, 6.07) is 13.6. The van der Waals surface area contributed by atoms with Crippen LogP contribution in [0.15, 0.2) is 48.5 Å². The number of carbonyl (C=O) groups excluding carboxylic acids is 1. The summed E-state index contributed by atoms with van der Waals surface area (Å²) in [5, 5.41) is 3.25. The van der Waals surface area contributed by atoms with Crippen LogP contribution in [-0.4, -0.2) is 11.7 Å². The SMILES string of the molecule is CC(SCC(=O)Nc1cccc(Cl)c1)c1ccccc1F. The van der Waals surface area contributed by atoms with Crippen LogP contribution >= 0.6 is 23.4 Å². The van der Waals surface area contributed by atoms with E-state index in [0.29, 0.717) is 16.3 Å². The van der Waals surface area contributed by atoms with E-state index in [9.17, 15) is 9.18 Å². The van der Waals surface area contributed by atoms with Crippen molar-refractivity contribution >= 4 is 35.0 Å². The zero-order chi connectivity index (χ0) is 15.2. The molecule has 2 aromatic rings. The third-order valence-corrected chi connectivity index (χ3v) is 4.33. The van der Waals surface area contributed by atoms with Crippen LogP contribution in [0.2, 0.25) is 5.02 Å². The number of hydrogen-bond acceptors (Lipinski definition) is 2. The molecule has 2 rings (SSSR count). The van der Waals surface area contributed by atoms with Crippen LogP contribution < -0.4 is 5.32 Å². The molecule has 0 heterocycles. The van der Waals surface area contributed by atoms with E-state index in [1.54, 1.807) is 42.5 Å². The summed E-state index contributed by atoms with van der Waals surface area (Å²) < 4.78 is 13.6. The maximum absolute atomic E-state index is 13.6. The molecule has 0 spiro atoms. The van der Waals surface area contributed by atoms with E-state index in [1.807, 2.05) is 6.92 Å². The van der Waals surface area contributed by atoms with E-state index in [1.165, 1.54) is 17.8 Å². The van der Waals surface area contributed by atoms with Gasteiger partial charge in [-0.1, -0.05) is 35.9 Å². The molecule has 0 saturated carbocycles. The number of halogens is 2. The minimum absolute atomic E-state index is 0.0867. The fraction of sp³-hybridized carbons (Fsp3) is 0.188. The van der Waals surface area contributed by atoms with Gasteiger partial charge in [0.1, 0.15) is 5.82 Å². The summed E-state index contributed by atoms with van der Waals surface area (Å²) in [5.41, 5.74) is 1.27. The Morgan fingerprint density at radius 3 is 2.76 bits per heavy atom. The van der Waals surface area contributed by atoms with Crippen LogP contribution in [0.4, 0.5) is 10.1 Å². The van der Waals surface area contributed by atoms with Gasteiger partial charge in [0, 0.05) is 21.5 Å². The molecular weight excluding hydrogens is 309 g/mol. The zero-order valence-corrected chi connectivity index (χ0v) is 13.0. The minimum atomic E-state index is -0.243. The summed E-state index contributed by atoms with van der Waals surface area (Å²) in [4.78, 5) is 11.9. The Balaban J connectivity index is 1.88. The number of thioether (sulfide) groups is 1. The second kappa shape index (κ2) is 7.48. The molecule has 0 radical (unpaired) electrons. The summed E-state index contributed by atoms with van der Waals surface area (Å²) in [7, 11) is 0. The molecule has 0 fully saturated rings. The Hall–Kier alpha value is -1.52. The first-order chi connectivity index (χ1) is 10.1. The quantitative estimate of drug-likeness (QED) is 0.846. The maximum atomic E-state index is 13.6. The van der Waals surface area contributed by atoms with E-state index in [2.05, 4.69) is 5.32 Å². The van der Waals surface area contributed by atoms with Gasteiger partial charge in [-0.15, -0.1) is 11.8 Å². The Labute approximate surface area is 132 Å². The van der Waals surface area contributed by atoms with Gasteiger partial charge in [0.05, 0.1) is 5.75 Å². The van der Waals surface area contributed by atoms with Crippen molar-refractivity contribution in [2.24, 2.45) is 0 Å². The van der Waals surface area contributed by atoms with Crippen LogP contribution in [-0.2, 0) is 4.79 Å². The van der Waals surface area contributed by atoms with Crippen LogP contribution in [0, 0.1) is 5.82 Å². The highest BCUT2D eigenvalue weighted by Crippen LogP contribution is 2.29. The smallest absolute Gasteiger partial charge is 0.234 e. The average molecular weight is 324 g/mol. The van der Waals surface area contributed by atoms with Gasteiger partial charge >= 0.3 is 0 Å². The third-order valence-electron chi connectivity index (χ3n) is 2.92. The number of rotatable bonds is 5. The molecule has 1 atom stereocenters. The Kier molecular flexibility index (Phi) is 5.65. The molecule has 2 aromatic carbocycles. The molecule has 1 amide bonds. The Morgan fingerprint density at radius 2 is 2.05 bits per heavy atom. The van der Waals surface area contributed by atoms with Crippen molar-refractivity contribution in [1.82, 2.24) is 0 Å². The van der Waals surface area contributed by atoms with Gasteiger partial charge in [0.15, 0.2) is 0 Å². The highest BCUT2D eigenvalue weighted by molar-refractivity contribution is 8.00. The average Bonchev–Trinajstić information content (AvgIpc) is 2.45. The molecule has 5 heteroatoms. The number of hydrogen-bond donors (Lipinski definition) is 1. The minimum Gasteiger partial charge on any atom is -0.325 e. The summed E-state index contributed by atoms with van der Waals surface area (Å²) in [6.45, 7) is 1.88. The molecule has 1 N–H and O–H groups in total. The van der Waals surface area contributed by atoms with Crippen molar-refractivity contribution in [3.8, 4) is 0 Å². The lowest BCUT2D eigenvalue weighted by Crippen LogP contribution is -2.14. The standard InChI is InChI=1S/C16H15ClFNOS/c1-11(14-7-2-3-8-15(14)18)21-10-16(20)19-13-6-4-5-12(17)9-13/h2-9,11H,10H2,1H3,(H,19,20). The van der Waals surface area contributed by atoms with E-state index < -0.39 is 0 Å². The number of amides is 1. The first-order valence-electron chi connectivity index (χ1n) is 6.47. The normalized spacial score (nSPS) is 12.0. The second-order valence-electron chi connectivity index (χ2n) is 4.53. The molecular formula is C16H15ClFNOS. The van der Waals surface area contributed by atoms with Crippen molar-refractivity contribution < 1.29 is 9.18 Å². The second-order valence-corrected chi connectivity index (χ2v) is 6.30. The lowest BCUT2D eigenvalue weighted by atomic mass is 10.1. The van der Waals surface area contributed by atoms with Crippen LogP contribution in [0.5, 0.6) is 0 Å². The zero-order valence-electron chi connectivity index (χ0n) is 11.5. The molecule has 0 aliphatic rings. The highest BCUT2D eigenvalue weighted by atomic mass is 35.5. The van der Waals surface area contributed by atoms with Crippen molar-refractivity contribution in [2.45, 2.75) is 12.2 Å². The van der Waals surface area contributed by atoms with Gasteiger partial charge in [-0.3, -0.25) is 4.79 Å². The lowest BCUT2D eigenvalue weighted by Gasteiger charge is -2.12. The number of nitrogens with one attached hydrogen (secondary N) is 1. The van der Waals surface area contributed by atoms with Gasteiger partial charge in [-0.25, -0.2) is 4.39 Å². The Bertz CT molecular complexity index is 635. The molecule has 0 aliphatic carbocycles. The lowest BCUT2D eigenvalue weighted by molar-refractivity contribution is -0.113. The topological polar surface area (TPSA) is 29.1 Å². The van der Waals surface area contributed by atoms with Gasteiger partial charge in [0.2, 0.25) is 5.91 Å². The first-order valence-corrected chi connectivity index (χ1v) is 7.90. The molecule has 0 aliphatic heterocycles. The molecule has 1 unspecified atom stereocenters. The van der Waals surface area contributed by atoms with Crippen molar-refractivity contribution in [1.29, 1.82) is 0 Å². The van der Waals surface area contributed by atoms with Crippen LogP contribution in [0.3, 0.4) is 0 Å². The molecule has 0 aromatic heterocycles. The van der Waals surface area contributed by atoms with Crippen molar-refractivity contribution in [3.05, 3.63) is 64.9 Å². The molecule has 0 bridgehead atoms. The fourth-order valence-corrected chi connectivity index (χ4v) is 2.89. The van der Waals surface area contributed by atoms with Crippen LogP contribution in [0.1, 0.15) is 17.7 Å². The van der Waals surface area contributed by atoms with Crippen molar-refractivity contribution in [2.75, 3.05) is 11.1 Å². The highest BCUT2D eigenvalue weighted by Gasteiger charge is 2.12. The summed E-state index contributed by atoms with van der Waals surface area (Å²) in [5.74, 6) is -0.125. The number of anilines is 1. The number of carbonyl (C=O) groups is 1. The van der Waals surface area contributed by atoms with E-state index in [0.717, 1.165) is 0 Å². The van der Waals surface area contributed by atoms with Gasteiger partial charge in [-0.2, -0.15) is 0 Å². The monoisotopic (exact) mass is 323 g/mol. The Morgan fingerprint density at radius 1 is 1.29 bits per heavy atom. The number of benzene rings is 2. The van der Waals surface area contributed by atoms with Crippen LogP contribution in [0.25, 0.3) is 0 Å². The molecule has 110 valence electrons. The summed E-state index contributed by atoms with van der Waals surface area (Å²) >= 11 is 7.25. The molecule has 21 heavy (non-hydrogen) atoms. The maximum Gasteiger partial charge on any atom is 0.234 e. The van der Waals surface area contributed by atoms with E-state index in [4.69, 9.17) is 11.6 Å². The van der Waals surface area contributed by atoms with Crippen molar-refractivity contribution in [3.63, 3.8) is 0 Å². The van der Waals surface area contributed by atoms with Gasteiger partial charge in [-0.05, 0) is 31.2 Å². The van der Waals surface area contributed by atoms with E-state index >= 15 is 0 Å². The predicted molar refractivity (Wildman–Crippen MR) is 87.4 cm³/mol. The predicted octanol–water partition coefficient (Wildman–Crippen LogP) is 4.91. The van der Waals surface area contributed by atoms with Gasteiger partial charge in [0.25, 0.3) is 0 Å². The fourth-order valence-electron chi connectivity index (χ4n) is 1.86. The van der Waals surface area contributed by atoms with Gasteiger partial charge < -0.3 is 5.32 Å². The molecule has 2 nitrogen and oxygen atoms in total. The third kappa shape index (κ3) is 4.76. The first kappa shape index (κ1) is 15.9. The molecule has 0 saturated heterocycles.